The minimum Gasteiger partial charge on any atom is -0.496 e. The van der Waals surface area contributed by atoms with Crippen molar-refractivity contribution in [1.29, 1.82) is 0 Å². The summed E-state index contributed by atoms with van der Waals surface area (Å²) < 4.78 is 16.4. The molecular weight excluding hydrogens is 184 g/mol. The summed E-state index contributed by atoms with van der Waals surface area (Å²) in [5.41, 5.74) is 1.11. The summed E-state index contributed by atoms with van der Waals surface area (Å²) in [7, 11) is 0.743. The van der Waals surface area contributed by atoms with Gasteiger partial charge in [-0.2, -0.15) is 0 Å². The van der Waals surface area contributed by atoms with E-state index in [9.17, 15) is 4.21 Å². The number of rotatable bonds is 3. The first-order valence-corrected chi connectivity index (χ1v) is 5.75. The molecule has 72 valence electrons. The molecule has 0 aliphatic heterocycles. The Morgan fingerprint density at radius 1 is 1.46 bits per heavy atom. The number of benzene rings is 1. The summed E-state index contributed by atoms with van der Waals surface area (Å²) >= 11 is 0. The zero-order valence-corrected chi connectivity index (χ0v) is 8.98. The highest BCUT2D eigenvalue weighted by Gasteiger charge is 2.04. The molecule has 0 spiro atoms. The van der Waals surface area contributed by atoms with Crippen molar-refractivity contribution in [3.8, 4) is 5.75 Å². The average Bonchev–Trinajstić information content (AvgIpc) is 2.16. The van der Waals surface area contributed by atoms with Crippen LogP contribution in [-0.2, 0) is 17.2 Å². The third-order valence-electron chi connectivity index (χ3n) is 1.96. The predicted octanol–water partition coefficient (Wildman–Crippen LogP) is 1.99. The zero-order chi connectivity index (χ0) is 9.84. The van der Waals surface area contributed by atoms with Crippen LogP contribution >= 0.6 is 0 Å². The smallest absolute Gasteiger partial charge is 0.122 e. The molecule has 2 nitrogen and oxygen atoms in total. The molecule has 0 aromatic heterocycles. The third kappa shape index (κ3) is 2.31. The van der Waals surface area contributed by atoms with E-state index < -0.39 is 10.8 Å². The molecule has 0 fully saturated rings. The Hall–Kier alpha value is -0.830. The maximum Gasteiger partial charge on any atom is 0.122 e. The standard InChI is InChI=1S/C10H14O2S/c1-4-8-7-9(13(3)11)5-6-10(8)12-2/h5-7H,4H2,1-3H3. The minimum atomic E-state index is -0.907. The summed E-state index contributed by atoms with van der Waals surface area (Å²) in [5.74, 6) is 0.872. The number of hydrogen-bond donors (Lipinski definition) is 0. The lowest BCUT2D eigenvalue weighted by atomic mass is 10.1. The van der Waals surface area contributed by atoms with Gasteiger partial charge in [0.1, 0.15) is 5.75 Å². The van der Waals surface area contributed by atoms with Crippen molar-refractivity contribution < 1.29 is 8.95 Å². The van der Waals surface area contributed by atoms with Crippen LogP contribution in [0.25, 0.3) is 0 Å². The molecule has 0 aliphatic rings. The van der Waals surface area contributed by atoms with Gasteiger partial charge in [0.25, 0.3) is 0 Å². The Morgan fingerprint density at radius 3 is 2.62 bits per heavy atom. The van der Waals surface area contributed by atoms with E-state index >= 15 is 0 Å². The second-order valence-corrected chi connectivity index (χ2v) is 4.16. The van der Waals surface area contributed by atoms with Gasteiger partial charge in [0.15, 0.2) is 0 Å². The molecule has 1 atom stereocenters. The van der Waals surface area contributed by atoms with Crippen molar-refractivity contribution in [2.45, 2.75) is 18.2 Å². The van der Waals surface area contributed by atoms with Gasteiger partial charge in [0.05, 0.1) is 7.11 Å². The van der Waals surface area contributed by atoms with E-state index in [1.54, 1.807) is 13.4 Å². The number of hydrogen-bond acceptors (Lipinski definition) is 2. The Balaban J connectivity index is 3.13. The van der Waals surface area contributed by atoms with Crippen LogP contribution < -0.4 is 4.74 Å². The van der Waals surface area contributed by atoms with Crippen molar-refractivity contribution in [3.63, 3.8) is 0 Å². The van der Waals surface area contributed by atoms with Crippen LogP contribution in [0.5, 0.6) is 5.75 Å². The van der Waals surface area contributed by atoms with Crippen molar-refractivity contribution >= 4 is 10.8 Å². The summed E-state index contributed by atoms with van der Waals surface area (Å²) in [5, 5.41) is 0. The number of aryl methyl sites for hydroxylation is 1. The normalized spacial score (nSPS) is 12.5. The molecule has 1 aromatic carbocycles. The Morgan fingerprint density at radius 2 is 2.15 bits per heavy atom. The van der Waals surface area contributed by atoms with Gasteiger partial charge < -0.3 is 4.74 Å². The highest BCUT2D eigenvalue weighted by atomic mass is 32.2. The molecule has 0 amide bonds. The van der Waals surface area contributed by atoms with Gasteiger partial charge in [-0.1, -0.05) is 6.92 Å². The van der Waals surface area contributed by atoms with E-state index in [-0.39, 0.29) is 0 Å². The highest BCUT2D eigenvalue weighted by molar-refractivity contribution is 7.84. The second kappa shape index (κ2) is 4.42. The maximum absolute atomic E-state index is 11.2. The van der Waals surface area contributed by atoms with Gasteiger partial charge in [-0.3, -0.25) is 4.21 Å². The summed E-state index contributed by atoms with van der Waals surface area (Å²) in [6.07, 6.45) is 2.58. The second-order valence-electron chi connectivity index (χ2n) is 2.78. The molecular formula is C10H14O2S. The van der Waals surface area contributed by atoms with E-state index in [1.807, 2.05) is 18.2 Å². The van der Waals surface area contributed by atoms with Crippen LogP contribution in [-0.4, -0.2) is 17.6 Å². The first-order valence-electron chi connectivity index (χ1n) is 4.19. The molecule has 1 unspecified atom stereocenters. The molecule has 1 aromatic rings. The van der Waals surface area contributed by atoms with Crippen molar-refractivity contribution in [2.24, 2.45) is 0 Å². The fourth-order valence-electron chi connectivity index (χ4n) is 1.21. The van der Waals surface area contributed by atoms with Gasteiger partial charge in [0, 0.05) is 22.0 Å². The Bertz CT molecular complexity index is 321. The lowest BCUT2D eigenvalue weighted by Crippen LogP contribution is -1.94. The van der Waals surface area contributed by atoms with Crippen LogP contribution in [0, 0.1) is 0 Å². The fourth-order valence-corrected chi connectivity index (χ4v) is 1.78. The van der Waals surface area contributed by atoms with Crippen molar-refractivity contribution in [2.75, 3.05) is 13.4 Å². The fraction of sp³-hybridized carbons (Fsp3) is 0.400. The summed E-state index contributed by atoms with van der Waals surface area (Å²) in [6.45, 7) is 2.06. The SMILES string of the molecule is CCc1cc(S(C)=O)ccc1OC. The summed E-state index contributed by atoms with van der Waals surface area (Å²) in [4.78, 5) is 0.859. The van der Waals surface area contributed by atoms with E-state index in [2.05, 4.69) is 6.92 Å². The van der Waals surface area contributed by atoms with Crippen molar-refractivity contribution in [1.82, 2.24) is 0 Å². The maximum atomic E-state index is 11.2. The lowest BCUT2D eigenvalue weighted by Gasteiger charge is -2.07. The molecule has 0 saturated carbocycles. The Kier molecular flexibility index (Phi) is 3.48. The van der Waals surface area contributed by atoms with E-state index in [1.165, 1.54) is 0 Å². The highest BCUT2D eigenvalue weighted by Crippen LogP contribution is 2.21. The number of methoxy groups -OCH3 is 1. The van der Waals surface area contributed by atoms with E-state index in [4.69, 9.17) is 4.74 Å². The monoisotopic (exact) mass is 198 g/mol. The van der Waals surface area contributed by atoms with Gasteiger partial charge in [0.2, 0.25) is 0 Å². The molecule has 0 aliphatic carbocycles. The zero-order valence-electron chi connectivity index (χ0n) is 8.16. The van der Waals surface area contributed by atoms with Crippen LogP contribution in [0.1, 0.15) is 12.5 Å². The molecule has 3 heteroatoms. The molecule has 0 bridgehead atoms. The van der Waals surface area contributed by atoms with E-state index in [0.29, 0.717) is 0 Å². The molecule has 0 saturated heterocycles. The average molecular weight is 198 g/mol. The van der Waals surface area contributed by atoms with E-state index in [0.717, 1.165) is 22.6 Å². The third-order valence-corrected chi connectivity index (χ3v) is 2.88. The quantitative estimate of drug-likeness (QED) is 0.742. The molecule has 0 heterocycles. The van der Waals surface area contributed by atoms with Crippen LogP contribution in [0.2, 0.25) is 0 Å². The molecule has 0 N–H and O–H groups in total. The Labute approximate surface area is 81.4 Å². The molecule has 1 rings (SSSR count). The largest absolute Gasteiger partial charge is 0.496 e. The first kappa shape index (κ1) is 10.3. The number of ether oxygens (including phenoxy) is 1. The van der Waals surface area contributed by atoms with Crippen LogP contribution in [0.15, 0.2) is 23.1 Å². The topological polar surface area (TPSA) is 26.3 Å². The van der Waals surface area contributed by atoms with Gasteiger partial charge in [-0.05, 0) is 30.2 Å². The lowest BCUT2D eigenvalue weighted by molar-refractivity contribution is 0.409. The summed E-state index contributed by atoms with van der Waals surface area (Å²) in [6, 6.07) is 5.65. The minimum absolute atomic E-state index is 0.859. The predicted molar refractivity (Wildman–Crippen MR) is 54.7 cm³/mol. The van der Waals surface area contributed by atoms with Gasteiger partial charge >= 0.3 is 0 Å². The first-order chi connectivity index (χ1) is 6.19. The molecule has 0 radical (unpaired) electrons. The van der Waals surface area contributed by atoms with Crippen LogP contribution in [0.3, 0.4) is 0 Å². The van der Waals surface area contributed by atoms with Crippen molar-refractivity contribution in [3.05, 3.63) is 23.8 Å². The van der Waals surface area contributed by atoms with Gasteiger partial charge in [-0.25, -0.2) is 0 Å². The molecule has 13 heavy (non-hydrogen) atoms. The van der Waals surface area contributed by atoms with Gasteiger partial charge in [-0.15, -0.1) is 0 Å². The van der Waals surface area contributed by atoms with Crippen LogP contribution in [0.4, 0.5) is 0 Å².